The topological polar surface area (TPSA) is 29.5 Å². The van der Waals surface area contributed by atoms with Crippen LogP contribution in [-0.4, -0.2) is 37.1 Å². The molecule has 1 heterocycles. The highest BCUT2D eigenvalue weighted by Crippen LogP contribution is 2.38. The summed E-state index contributed by atoms with van der Waals surface area (Å²) in [6.45, 7) is 14.2. The Labute approximate surface area is 131 Å². The largest absolute Gasteiger partial charge is 0.378 e. The summed E-state index contributed by atoms with van der Waals surface area (Å²) < 4.78 is 5.39. The summed E-state index contributed by atoms with van der Waals surface area (Å²) >= 11 is 0. The van der Waals surface area contributed by atoms with Crippen LogP contribution in [0, 0.1) is 17.3 Å². The monoisotopic (exact) mass is 297 g/mol. The molecule has 1 saturated heterocycles. The lowest BCUT2D eigenvalue weighted by Gasteiger charge is -2.38. The summed E-state index contributed by atoms with van der Waals surface area (Å²) in [6, 6.07) is 0. The zero-order valence-electron chi connectivity index (χ0n) is 14.8. The molecule has 0 saturated carbocycles. The first kappa shape index (κ1) is 18.5. The van der Waals surface area contributed by atoms with Gasteiger partial charge in [-0.1, -0.05) is 60.3 Å². The molecular weight excluding hydrogens is 262 g/mol. The normalized spacial score (nSPS) is 18.1. The highest BCUT2D eigenvalue weighted by atomic mass is 16.5. The molecule has 1 aliphatic heterocycles. The van der Waals surface area contributed by atoms with Gasteiger partial charge in [0, 0.05) is 19.0 Å². The zero-order valence-corrected chi connectivity index (χ0v) is 14.8. The van der Waals surface area contributed by atoms with Crippen molar-refractivity contribution in [3.8, 4) is 0 Å². The second-order valence-corrected chi connectivity index (χ2v) is 6.84. The third kappa shape index (κ3) is 4.98. The molecule has 1 fully saturated rings. The average molecular weight is 297 g/mol. The van der Waals surface area contributed by atoms with Crippen molar-refractivity contribution in [3.63, 3.8) is 0 Å². The maximum atomic E-state index is 13.0. The van der Waals surface area contributed by atoms with Gasteiger partial charge in [0.25, 0.3) is 0 Å². The molecule has 1 unspecified atom stereocenters. The molecular formula is C18H35NO2. The molecule has 0 aliphatic carbocycles. The standard InChI is InChI=1S/C18H35NO2/c1-6-15(7-2)16(14-18(5,8-3)9-4)17(20)19-10-12-21-13-11-19/h15-16H,6-14H2,1-5H3. The Hall–Kier alpha value is -0.570. The lowest BCUT2D eigenvalue weighted by Crippen LogP contribution is -2.46. The minimum atomic E-state index is 0.183. The third-order valence-corrected chi connectivity index (χ3v) is 5.68. The Balaban J connectivity index is 2.87. The molecule has 1 atom stereocenters. The number of morpholine rings is 1. The van der Waals surface area contributed by atoms with E-state index in [0.29, 0.717) is 25.0 Å². The van der Waals surface area contributed by atoms with Crippen molar-refractivity contribution in [2.45, 2.75) is 66.7 Å². The van der Waals surface area contributed by atoms with Gasteiger partial charge in [-0.3, -0.25) is 4.79 Å². The van der Waals surface area contributed by atoms with Crippen LogP contribution in [-0.2, 0) is 9.53 Å². The van der Waals surface area contributed by atoms with Crippen molar-refractivity contribution < 1.29 is 9.53 Å². The van der Waals surface area contributed by atoms with Crippen LogP contribution < -0.4 is 0 Å². The molecule has 0 aromatic heterocycles. The van der Waals surface area contributed by atoms with E-state index in [-0.39, 0.29) is 11.3 Å². The van der Waals surface area contributed by atoms with E-state index in [2.05, 4.69) is 34.6 Å². The predicted molar refractivity (Wildman–Crippen MR) is 88.3 cm³/mol. The number of amides is 1. The van der Waals surface area contributed by atoms with Crippen LogP contribution in [0.2, 0.25) is 0 Å². The van der Waals surface area contributed by atoms with Crippen molar-refractivity contribution in [1.82, 2.24) is 4.90 Å². The Morgan fingerprint density at radius 2 is 1.62 bits per heavy atom. The fraction of sp³-hybridized carbons (Fsp3) is 0.944. The number of carbonyl (C=O) groups is 1. The number of rotatable bonds is 8. The van der Waals surface area contributed by atoms with E-state index < -0.39 is 0 Å². The van der Waals surface area contributed by atoms with Gasteiger partial charge < -0.3 is 9.64 Å². The first-order chi connectivity index (χ1) is 10.0. The first-order valence-electron chi connectivity index (χ1n) is 8.87. The molecule has 124 valence electrons. The number of ether oxygens (including phenoxy) is 1. The van der Waals surface area contributed by atoms with Crippen LogP contribution >= 0.6 is 0 Å². The average Bonchev–Trinajstić information content (AvgIpc) is 2.55. The molecule has 1 rings (SSSR count). The minimum Gasteiger partial charge on any atom is -0.378 e. The van der Waals surface area contributed by atoms with E-state index in [0.717, 1.165) is 45.2 Å². The van der Waals surface area contributed by atoms with Crippen molar-refractivity contribution in [2.24, 2.45) is 17.3 Å². The lowest BCUT2D eigenvalue weighted by atomic mass is 9.71. The highest BCUT2D eigenvalue weighted by molar-refractivity contribution is 5.79. The summed E-state index contributed by atoms with van der Waals surface area (Å²) in [4.78, 5) is 15.1. The Morgan fingerprint density at radius 1 is 1.10 bits per heavy atom. The Kier molecular flexibility index (Phi) is 7.72. The van der Waals surface area contributed by atoms with Crippen LogP contribution in [0.4, 0.5) is 0 Å². The third-order valence-electron chi connectivity index (χ3n) is 5.68. The van der Waals surface area contributed by atoms with Gasteiger partial charge in [-0.15, -0.1) is 0 Å². The maximum Gasteiger partial charge on any atom is 0.226 e. The number of hydrogen-bond acceptors (Lipinski definition) is 2. The van der Waals surface area contributed by atoms with Crippen molar-refractivity contribution >= 4 is 5.91 Å². The van der Waals surface area contributed by atoms with E-state index in [9.17, 15) is 4.79 Å². The first-order valence-corrected chi connectivity index (χ1v) is 8.87. The van der Waals surface area contributed by atoms with E-state index in [1.807, 2.05) is 4.90 Å². The van der Waals surface area contributed by atoms with Crippen LogP contribution in [0.15, 0.2) is 0 Å². The van der Waals surface area contributed by atoms with E-state index in [1.165, 1.54) is 0 Å². The zero-order chi connectivity index (χ0) is 15.9. The molecule has 0 spiro atoms. The van der Waals surface area contributed by atoms with Gasteiger partial charge in [-0.25, -0.2) is 0 Å². The van der Waals surface area contributed by atoms with Crippen molar-refractivity contribution in [2.75, 3.05) is 26.3 Å². The van der Waals surface area contributed by atoms with Crippen LogP contribution in [0.25, 0.3) is 0 Å². The molecule has 0 radical (unpaired) electrons. The molecule has 0 aromatic carbocycles. The Morgan fingerprint density at radius 3 is 2.05 bits per heavy atom. The van der Waals surface area contributed by atoms with Gasteiger partial charge in [-0.2, -0.15) is 0 Å². The molecule has 0 aromatic rings. The number of nitrogens with zero attached hydrogens (tertiary/aromatic N) is 1. The maximum absolute atomic E-state index is 13.0. The van der Waals surface area contributed by atoms with Gasteiger partial charge in [-0.05, 0) is 17.8 Å². The van der Waals surface area contributed by atoms with Crippen LogP contribution in [0.1, 0.15) is 66.7 Å². The van der Waals surface area contributed by atoms with Gasteiger partial charge in [0.05, 0.1) is 13.2 Å². The fourth-order valence-electron chi connectivity index (χ4n) is 3.40. The quantitative estimate of drug-likeness (QED) is 0.674. The number of carbonyl (C=O) groups excluding carboxylic acids is 1. The molecule has 1 amide bonds. The second-order valence-electron chi connectivity index (χ2n) is 6.84. The lowest BCUT2D eigenvalue weighted by molar-refractivity contribution is -0.143. The predicted octanol–water partition coefficient (Wildman–Crippen LogP) is 4.11. The molecule has 0 N–H and O–H groups in total. The van der Waals surface area contributed by atoms with Crippen molar-refractivity contribution in [3.05, 3.63) is 0 Å². The summed E-state index contributed by atoms with van der Waals surface area (Å²) in [7, 11) is 0. The van der Waals surface area contributed by atoms with Crippen molar-refractivity contribution in [1.29, 1.82) is 0 Å². The summed E-state index contributed by atoms with van der Waals surface area (Å²) in [5.41, 5.74) is 0.287. The number of hydrogen-bond donors (Lipinski definition) is 0. The van der Waals surface area contributed by atoms with Gasteiger partial charge in [0.1, 0.15) is 0 Å². The van der Waals surface area contributed by atoms with Crippen LogP contribution in [0.3, 0.4) is 0 Å². The van der Waals surface area contributed by atoms with Crippen LogP contribution in [0.5, 0.6) is 0 Å². The second kappa shape index (κ2) is 8.77. The van der Waals surface area contributed by atoms with Gasteiger partial charge in [0.2, 0.25) is 5.91 Å². The molecule has 3 nitrogen and oxygen atoms in total. The molecule has 1 aliphatic rings. The smallest absolute Gasteiger partial charge is 0.226 e. The Bertz CT molecular complexity index is 302. The SMILES string of the molecule is CCC(CC)C(CC(C)(CC)CC)C(=O)N1CCOCC1. The molecule has 21 heavy (non-hydrogen) atoms. The highest BCUT2D eigenvalue weighted by Gasteiger charge is 2.35. The van der Waals surface area contributed by atoms with Gasteiger partial charge in [0.15, 0.2) is 0 Å². The molecule has 3 heteroatoms. The molecule has 0 bridgehead atoms. The summed E-state index contributed by atoms with van der Waals surface area (Å²) in [6.07, 6.45) is 5.52. The fourth-order valence-corrected chi connectivity index (χ4v) is 3.40. The summed E-state index contributed by atoms with van der Waals surface area (Å²) in [5, 5.41) is 0. The minimum absolute atomic E-state index is 0.183. The van der Waals surface area contributed by atoms with E-state index >= 15 is 0 Å². The van der Waals surface area contributed by atoms with E-state index in [1.54, 1.807) is 0 Å². The van der Waals surface area contributed by atoms with Gasteiger partial charge >= 0.3 is 0 Å². The summed E-state index contributed by atoms with van der Waals surface area (Å²) in [5.74, 6) is 1.07. The van der Waals surface area contributed by atoms with E-state index in [4.69, 9.17) is 4.74 Å².